The predicted molar refractivity (Wildman–Crippen MR) is 81.0 cm³/mol. The summed E-state index contributed by atoms with van der Waals surface area (Å²) in [6, 6.07) is 5.14. The van der Waals surface area contributed by atoms with Crippen LogP contribution in [0.15, 0.2) is 18.2 Å². The molecule has 1 amide bonds. The molecule has 0 radical (unpaired) electrons. The van der Waals surface area contributed by atoms with Crippen molar-refractivity contribution in [1.82, 2.24) is 5.32 Å². The summed E-state index contributed by atoms with van der Waals surface area (Å²) < 4.78 is 10.3. The van der Waals surface area contributed by atoms with Gasteiger partial charge < -0.3 is 14.8 Å². The molecule has 1 aromatic carbocycles. The van der Waals surface area contributed by atoms with Gasteiger partial charge in [-0.15, -0.1) is 11.6 Å². The van der Waals surface area contributed by atoms with Gasteiger partial charge in [0, 0.05) is 18.5 Å². The lowest BCUT2D eigenvalue weighted by molar-refractivity contribution is 0.0949. The quantitative estimate of drug-likeness (QED) is 0.593. The van der Waals surface area contributed by atoms with Crippen molar-refractivity contribution in [2.45, 2.75) is 19.8 Å². The molecule has 4 nitrogen and oxygen atoms in total. The lowest BCUT2D eigenvalue weighted by Gasteiger charge is -2.11. The number of carbonyl (C=O) groups excluding carboxylic acids is 1. The Bertz CT molecular complexity index is 437. The summed E-state index contributed by atoms with van der Waals surface area (Å²) in [5.74, 6) is 2.16. The zero-order chi connectivity index (χ0) is 15.0. The van der Waals surface area contributed by atoms with Gasteiger partial charge in [-0.1, -0.05) is 6.92 Å². The number of nitrogens with one attached hydrogen (secondary N) is 1. The molecule has 0 saturated heterocycles. The molecule has 5 heteroatoms. The van der Waals surface area contributed by atoms with Gasteiger partial charge in [-0.2, -0.15) is 0 Å². The van der Waals surface area contributed by atoms with Crippen molar-refractivity contribution in [3.63, 3.8) is 0 Å². The Balaban J connectivity index is 2.55. The van der Waals surface area contributed by atoms with Crippen molar-refractivity contribution in [3.8, 4) is 11.5 Å². The minimum atomic E-state index is -0.136. The van der Waals surface area contributed by atoms with Crippen LogP contribution >= 0.6 is 11.6 Å². The number of hydrogen-bond donors (Lipinski definition) is 1. The molecular weight excluding hydrogens is 278 g/mol. The van der Waals surface area contributed by atoms with E-state index in [4.69, 9.17) is 21.1 Å². The second-order valence-electron chi connectivity index (χ2n) is 4.72. The van der Waals surface area contributed by atoms with E-state index in [1.165, 1.54) is 7.11 Å². The average molecular weight is 300 g/mol. The highest BCUT2D eigenvalue weighted by Crippen LogP contribution is 2.24. The number of rotatable bonds is 8. The standard InChI is InChI=1S/C15H22ClNO3/c1-11(10-16)5-4-8-17-15(18)13-7-6-12(19-2)9-14(13)20-3/h6-7,9,11H,4-5,8,10H2,1-3H3,(H,17,18). The van der Waals surface area contributed by atoms with E-state index in [1.807, 2.05) is 0 Å². The third-order valence-electron chi connectivity index (χ3n) is 3.08. The van der Waals surface area contributed by atoms with E-state index >= 15 is 0 Å². The zero-order valence-corrected chi connectivity index (χ0v) is 13.0. The first-order valence-corrected chi connectivity index (χ1v) is 7.22. The fourth-order valence-corrected chi connectivity index (χ4v) is 1.97. The summed E-state index contributed by atoms with van der Waals surface area (Å²) in [4.78, 5) is 12.1. The molecule has 0 aliphatic rings. The molecule has 0 aromatic heterocycles. The van der Waals surface area contributed by atoms with E-state index < -0.39 is 0 Å². The van der Waals surface area contributed by atoms with Crippen LogP contribution < -0.4 is 14.8 Å². The molecule has 1 unspecified atom stereocenters. The largest absolute Gasteiger partial charge is 0.497 e. The topological polar surface area (TPSA) is 47.6 Å². The summed E-state index contributed by atoms with van der Waals surface area (Å²) in [6.07, 6.45) is 1.92. The monoisotopic (exact) mass is 299 g/mol. The minimum Gasteiger partial charge on any atom is -0.497 e. The van der Waals surface area contributed by atoms with E-state index in [9.17, 15) is 4.79 Å². The Morgan fingerprint density at radius 3 is 2.70 bits per heavy atom. The van der Waals surface area contributed by atoms with E-state index in [0.29, 0.717) is 35.4 Å². The van der Waals surface area contributed by atoms with Gasteiger partial charge in [-0.3, -0.25) is 4.79 Å². The number of amides is 1. The number of alkyl halides is 1. The van der Waals surface area contributed by atoms with E-state index in [2.05, 4.69) is 12.2 Å². The maximum absolute atomic E-state index is 12.1. The molecule has 0 heterocycles. The molecule has 1 rings (SSSR count). The highest BCUT2D eigenvalue weighted by Gasteiger charge is 2.12. The number of carbonyl (C=O) groups is 1. The molecule has 0 bridgehead atoms. The summed E-state index contributed by atoms with van der Waals surface area (Å²) >= 11 is 5.74. The van der Waals surface area contributed by atoms with Gasteiger partial charge in [-0.05, 0) is 30.9 Å². The second kappa shape index (κ2) is 8.69. The minimum absolute atomic E-state index is 0.136. The predicted octanol–water partition coefficient (Wildman–Crippen LogP) is 3.09. The first-order chi connectivity index (χ1) is 9.62. The summed E-state index contributed by atoms with van der Waals surface area (Å²) in [6.45, 7) is 2.73. The molecular formula is C15H22ClNO3. The van der Waals surface area contributed by atoms with Gasteiger partial charge in [0.1, 0.15) is 11.5 Å². The molecule has 0 fully saturated rings. The molecule has 1 aromatic rings. The van der Waals surface area contributed by atoms with Crippen LogP contribution in [0, 0.1) is 5.92 Å². The van der Waals surface area contributed by atoms with E-state index in [1.54, 1.807) is 25.3 Å². The van der Waals surface area contributed by atoms with Crippen LogP contribution in [0.5, 0.6) is 11.5 Å². The van der Waals surface area contributed by atoms with Crippen molar-refractivity contribution in [3.05, 3.63) is 23.8 Å². The van der Waals surface area contributed by atoms with Crippen LogP contribution in [0.3, 0.4) is 0 Å². The number of methoxy groups -OCH3 is 2. The first-order valence-electron chi connectivity index (χ1n) is 6.68. The SMILES string of the molecule is COc1ccc(C(=O)NCCCC(C)CCl)c(OC)c1. The molecule has 0 aliphatic carbocycles. The highest BCUT2D eigenvalue weighted by atomic mass is 35.5. The third kappa shape index (κ3) is 4.93. The van der Waals surface area contributed by atoms with Crippen LogP contribution in [0.2, 0.25) is 0 Å². The Kier molecular flexibility index (Phi) is 7.23. The number of benzene rings is 1. The molecule has 20 heavy (non-hydrogen) atoms. The average Bonchev–Trinajstić information content (AvgIpc) is 2.50. The van der Waals surface area contributed by atoms with Crippen molar-refractivity contribution < 1.29 is 14.3 Å². The summed E-state index contributed by atoms with van der Waals surface area (Å²) in [5.41, 5.74) is 0.513. The fourth-order valence-electron chi connectivity index (χ4n) is 1.81. The van der Waals surface area contributed by atoms with Crippen LogP contribution in [0.4, 0.5) is 0 Å². The van der Waals surface area contributed by atoms with Gasteiger partial charge in [0.2, 0.25) is 0 Å². The highest BCUT2D eigenvalue weighted by molar-refractivity contribution is 6.18. The molecule has 0 saturated carbocycles. The van der Waals surface area contributed by atoms with Crippen LogP contribution in [-0.4, -0.2) is 32.6 Å². The normalized spacial score (nSPS) is 11.8. The van der Waals surface area contributed by atoms with Gasteiger partial charge >= 0.3 is 0 Å². The lowest BCUT2D eigenvalue weighted by atomic mass is 10.1. The Morgan fingerprint density at radius 1 is 1.35 bits per heavy atom. The van der Waals surface area contributed by atoms with Crippen molar-refractivity contribution in [1.29, 1.82) is 0 Å². The maximum Gasteiger partial charge on any atom is 0.255 e. The van der Waals surface area contributed by atoms with Gasteiger partial charge in [0.25, 0.3) is 5.91 Å². The first kappa shape index (κ1) is 16.6. The van der Waals surface area contributed by atoms with E-state index in [-0.39, 0.29) is 5.91 Å². The zero-order valence-electron chi connectivity index (χ0n) is 12.2. The van der Waals surface area contributed by atoms with Crippen LogP contribution in [0.25, 0.3) is 0 Å². The van der Waals surface area contributed by atoms with E-state index in [0.717, 1.165) is 12.8 Å². The van der Waals surface area contributed by atoms with Gasteiger partial charge in [-0.25, -0.2) is 0 Å². The molecule has 112 valence electrons. The summed E-state index contributed by atoms with van der Waals surface area (Å²) in [5, 5.41) is 2.89. The van der Waals surface area contributed by atoms with Gasteiger partial charge in [0.15, 0.2) is 0 Å². The van der Waals surface area contributed by atoms with Crippen LogP contribution in [0.1, 0.15) is 30.1 Å². The number of halogens is 1. The molecule has 0 spiro atoms. The lowest BCUT2D eigenvalue weighted by Crippen LogP contribution is -2.25. The number of ether oxygens (including phenoxy) is 2. The van der Waals surface area contributed by atoms with Crippen molar-refractivity contribution in [2.24, 2.45) is 5.92 Å². The van der Waals surface area contributed by atoms with Crippen molar-refractivity contribution >= 4 is 17.5 Å². The maximum atomic E-state index is 12.1. The Hall–Kier alpha value is -1.42. The van der Waals surface area contributed by atoms with Crippen LogP contribution in [-0.2, 0) is 0 Å². The second-order valence-corrected chi connectivity index (χ2v) is 5.03. The Labute approximate surface area is 125 Å². The molecule has 0 aliphatic heterocycles. The molecule has 1 atom stereocenters. The van der Waals surface area contributed by atoms with Gasteiger partial charge in [0.05, 0.1) is 19.8 Å². The fraction of sp³-hybridized carbons (Fsp3) is 0.533. The smallest absolute Gasteiger partial charge is 0.255 e. The third-order valence-corrected chi connectivity index (χ3v) is 3.60. The molecule has 1 N–H and O–H groups in total. The summed E-state index contributed by atoms with van der Waals surface area (Å²) in [7, 11) is 3.11. The van der Waals surface area contributed by atoms with Crippen molar-refractivity contribution in [2.75, 3.05) is 26.6 Å². The Morgan fingerprint density at radius 2 is 2.10 bits per heavy atom. The number of hydrogen-bond acceptors (Lipinski definition) is 3.